The SMILES string of the molecule is CCOC(=O)[C@@H]1Cc2c([nH]c3ccccc23)C[NH2+]1. The molecule has 3 rings (SSSR count). The molecule has 0 fully saturated rings. The van der Waals surface area contributed by atoms with E-state index in [4.69, 9.17) is 4.74 Å². The fourth-order valence-electron chi connectivity index (χ4n) is 2.66. The number of benzene rings is 1. The van der Waals surface area contributed by atoms with Gasteiger partial charge in [0.25, 0.3) is 0 Å². The molecule has 3 N–H and O–H groups in total. The lowest BCUT2D eigenvalue weighted by molar-refractivity contribution is -0.697. The zero-order valence-electron chi connectivity index (χ0n) is 10.4. The number of fused-ring (bicyclic) bond motifs is 3. The topological polar surface area (TPSA) is 58.7 Å². The van der Waals surface area contributed by atoms with Crippen molar-refractivity contribution in [1.29, 1.82) is 0 Å². The van der Waals surface area contributed by atoms with Gasteiger partial charge in [0.2, 0.25) is 0 Å². The van der Waals surface area contributed by atoms with Crippen LogP contribution in [-0.4, -0.2) is 23.6 Å². The van der Waals surface area contributed by atoms with Crippen LogP contribution in [0.25, 0.3) is 10.9 Å². The molecule has 0 saturated heterocycles. The predicted octanol–water partition coefficient (Wildman–Crippen LogP) is 0.719. The molecule has 0 aliphatic carbocycles. The van der Waals surface area contributed by atoms with E-state index in [1.807, 2.05) is 19.1 Å². The number of carbonyl (C=O) groups excluding carboxylic acids is 1. The van der Waals surface area contributed by atoms with Crippen molar-refractivity contribution in [2.24, 2.45) is 0 Å². The number of H-pyrrole nitrogens is 1. The summed E-state index contributed by atoms with van der Waals surface area (Å²) in [6, 6.07) is 8.15. The molecule has 1 aromatic heterocycles. The van der Waals surface area contributed by atoms with Gasteiger partial charge in [0.05, 0.1) is 12.3 Å². The molecular formula is C14H17N2O2+. The number of hydrogen-bond donors (Lipinski definition) is 2. The summed E-state index contributed by atoms with van der Waals surface area (Å²) in [4.78, 5) is 15.2. The van der Waals surface area contributed by atoms with Crippen molar-refractivity contribution in [1.82, 2.24) is 4.98 Å². The van der Waals surface area contributed by atoms with Gasteiger partial charge in [-0.25, -0.2) is 4.79 Å². The van der Waals surface area contributed by atoms with Gasteiger partial charge in [-0.05, 0) is 18.6 Å². The summed E-state index contributed by atoms with van der Waals surface area (Å²) in [5.41, 5.74) is 3.66. The second-order valence-corrected chi connectivity index (χ2v) is 4.63. The van der Waals surface area contributed by atoms with Crippen molar-refractivity contribution in [3.63, 3.8) is 0 Å². The monoisotopic (exact) mass is 245 g/mol. The summed E-state index contributed by atoms with van der Waals surface area (Å²) in [6.07, 6.45) is 0.748. The van der Waals surface area contributed by atoms with Crippen LogP contribution in [0.3, 0.4) is 0 Å². The van der Waals surface area contributed by atoms with E-state index in [-0.39, 0.29) is 12.0 Å². The first kappa shape index (κ1) is 11.3. The Balaban J connectivity index is 1.94. The van der Waals surface area contributed by atoms with Crippen molar-refractivity contribution in [2.45, 2.75) is 25.9 Å². The third kappa shape index (κ3) is 1.78. The van der Waals surface area contributed by atoms with Crippen LogP contribution in [0.2, 0.25) is 0 Å². The zero-order valence-corrected chi connectivity index (χ0v) is 10.4. The lowest BCUT2D eigenvalue weighted by atomic mass is 9.99. The molecule has 1 aliphatic rings. The Hall–Kier alpha value is -1.81. The van der Waals surface area contributed by atoms with E-state index < -0.39 is 0 Å². The molecular weight excluding hydrogens is 228 g/mol. The first-order valence-corrected chi connectivity index (χ1v) is 6.38. The van der Waals surface area contributed by atoms with Crippen LogP contribution in [0.5, 0.6) is 0 Å². The van der Waals surface area contributed by atoms with Gasteiger partial charge in [-0.1, -0.05) is 18.2 Å². The van der Waals surface area contributed by atoms with E-state index in [1.165, 1.54) is 16.6 Å². The van der Waals surface area contributed by atoms with Gasteiger partial charge in [0, 0.05) is 17.3 Å². The second-order valence-electron chi connectivity index (χ2n) is 4.63. The molecule has 1 aliphatic heterocycles. The highest BCUT2D eigenvalue weighted by Crippen LogP contribution is 2.24. The van der Waals surface area contributed by atoms with Crippen LogP contribution in [-0.2, 0) is 22.5 Å². The molecule has 4 heteroatoms. The zero-order chi connectivity index (χ0) is 12.5. The number of rotatable bonds is 2. The maximum absolute atomic E-state index is 11.8. The van der Waals surface area contributed by atoms with Crippen LogP contribution in [0.4, 0.5) is 0 Å². The van der Waals surface area contributed by atoms with E-state index in [2.05, 4.69) is 22.4 Å². The molecule has 0 saturated carbocycles. The number of nitrogens with two attached hydrogens (primary N) is 1. The molecule has 1 aromatic carbocycles. The number of quaternary nitrogens is 1. The summed E-state index contributed by atoms with van der Waals surface area (Å²) in [5.74, 6) is -0.103. The third-order valence-electron chi connectivity index (χ3n) is 3.52. The molecule has 4 nitrogen and oxygen atoms in total. The second kappa shape index (κ2) is 4.46. The fraction of sp³-hybridized carbons (Fsp3) is 0.357. The standard InChI is InChI=1S/C14H16N2O2/c1-2-18-14(17)12-7-10-9-5-3-4-6-11(9)16-13(10)8-15-12/h3-6,12,15-16H,2,7-8H2,1H3/p+1/t12-/m0/s1. The highest BCUT2D eigenvalue weighted by atomic mass is 16.5. The Labute approximate surface area is 105 Å². The van der Waals surface area contributed by atoms with Crippen molar-refractivity contribution in [3.05, 3.63) is 35.5 Å². The van der Waals surface area contributed by atoms with Crippen LogP contribution in [0.1, 0.15) is 18.2 Å². The number of nitrogens with one attached hydrogen (secondary N) is 1. The average molecular weight is 245 g/mol. The molecule has 0 spiro atoms. The smallest absolute Gasteiger partial charge is 0.365 e. The third-order valence-corrected chi connectivity index (χ3v) is 3.52. The van der Waals surface area contributed by atoms with Crippen LogP contribution in [0.15, 0.2) is 24.3 Å². The maximum atomic E-state index is 11.8. The minimum Gasteiger partial charge on any atom is -0.462 e. The Morgan fingerprint density at radius 3 is 3.17 bits per heavy atom. The largest absolute Gasteiger partial charge is 0.462 e. The maximum Gasteiger partial charge on any atom is 0.365 e. The van der Waals surface area contributed by atoms with E-state index in [0.717, 1.165) is 18.5 Å². The van der Waals surface area contributed by atoms with E-state index in [9.17, 15) is 4.79 Å². The lowest BCUT2D eigenvalue weighted by Crippen LogP contribution is -2.92. The van der Waals surface area contributed by atoms with E-state index >= 15 is 0 Å². The summed E-state index contributed by atoms with van der Waals surface area (Å²) in [7, 11) is 0. The van der Waals surface area contributed by atoms with Crippen LogP contribution >= 0.6 is 0 Å². The molecule has 0 amide bonds. The van der Waals surface area contributed by atoms with Gasteiger partial charge in [0.1, 0.15) is 6.54 Å². The van der Waals surface area contributed by atoms with Gasteiger partial charge in [0.15, 0.2) is 6.04 Å². The molecule has 18 heavy (non-hydrogen) atoms. The molecule has 2 aromatic rings. The number of esters is 1. The van der Waals surface area contributed by atoms with Crippen molar-refractivity contribution < 1.29 is 14.8 Å². The quantitative estimate of drug-likeness (QED) is 0.766. The highest BCUT2D eigenvalue weighted by molar-refractivity contribution is 5.86. The molecule has 0 radical (unpaired) electrons. The Morgan fingerprint density at radius 1 is 1.50 bits per heavy atom. The summed E-state index contributed by atoms with van der Waals surface area (Å²) >= 11 is 0. The van der Waals surface area contributed by atoms with Crippen LogP contribution in [0, 0.1) is 0 Å². The van der Waals surface area contributed by atoms with Crippen LogP contribution < -0.4 is 5.32 Å². The lowest BCUT2D eigenvalue weighted by Gasteiger charge is -2.19. The van der Waals surface area contributed by atoms with E-state index in [0.29, 0.717) is 6.61 Å². The minimum absolute atomic E-state index is 0.100. The molecule has 0 unspecified atom stereocenters. The first-order chi connectivity index (χ1) is 8.79. The van der Waals surface area contributed by atoms with Crippen molar-refractivity contribution in [3.8, 4) is 0 Å². The predicted molar refractivity (Wildman–Crippen MR) is 68.1 cm³/mol. The first-order valence-electron chi connectivity index (χ1n) is 6.38. The average Bonchev–Trinajstić information content (AvgIpc) is 2.76. The molecule has 1 atom stereocenters. The minimum atomic E-state index is -0.103. The van der Waals surface area contributed by atoms with Gasteiger partial charge in [-0.15, -0.1) is 0 Å². The molecule has 0 bridgehead atoms. The number of hydrogen-bond acceptors (Lipinski definition) is 2. The van der Waals surface area contributed by atoms with Gasteiger partial charge in [-0.3, -0.25) is 0 Å². The van der Waals surface area contributed by atoms with Crippen molar-refractivity contribution in [2.75, 3.05) is 6.61 Å². The normalized spacial score (nSPS) is 18.6. The summed E-state index contributed by atoms with van der Waals surface area (Å²) < 4.78 is 5.10. The van der Waals surface area contributed by atoms with Gasteiger partial charge in [-0.2, -0.15) is 0 Å². The number of para-hydroxylation sites is 1. The number of aromatic amines is 1. The van der Waals surface area contributed by atoms with Gasteiger partial charge >= 0.3 is 5.97 Å². The fourth-order valence-corrected chi connectivity index (χ4v) is 2.66. The van der Waals surface area contributed by atoms with Gasteiger partial charge < -0.3 is 15.0 Å². The van der Waals surface area contributed by atoms with E-state index in [1.54, 1.807) is 0 Å². The Bertz CT molecular complexity index is 588. The number of carbonyl (C=O) groups is 1. The number of ether oxygens (including phenoxy) is 1. The Morgan fingerprint density at radius 2 is 2.33 bits per heavy atom. The Kier molecular flexibility index (Phi) is 2.80. The molecule has 2 heterocycles. The molecule has 94 valence electrons. The van der Waals surface area contributed by atoms with Crippen molar-refractivity contribution >= 4 is 16.9 Å². The summed E-state index contributed by atoms with van der Waals surface area (Å²) in [5, 5.41) is 3.28. The number of aromatic nitrogens is 1. The summed E-state index contributed by atoms with van der Waals surface area (Å²) in [6.45, 7) is 3.11. The highest BCUT2D eigenvalue weighted by Gasteiger charge is 2.31.